The van der Waals surface area contributed by atoms with Crippen LogP contribution in [0.15, 0.2) is 24.3 Å². The number of nitrogens with zero attached hydrogens (tertiary/aromatic N) is 1. The molecule has 1 amide bonds. The van der Waals surface area contributed by atoms with Gasteiger partial charge in [0.05, 0.1) is 7.11 Å². The minimum absolute atomic E-state index is 0.337. The van der Waals surface area contributed by atoms with E-state index in [0.717, 1.165) is 38.3 Å². The van der Waals surface area contributed by atoms with Gasteiger partial charge in [-0.25, -0.2) is 0 Å². The highest BCUT2D eigenvalue weighted by atomic mass is 16.5. The van der Waals surface area contributed by atoms with Gasteiger partial charge in [0.15, 0.2) is 0 Å². The van der Waals surface area contributed by atoms with E-state index >= 15 is 0 Å². The van der Waals surface area contributed by atoms with Crippen molar-refractivity contribution < 1.29 is 9.53 Å². The van der Waals surface area contributed by atoms with Crippen molar-refractivity contribution in [1.82, 2.24) is 10.2 Å². The Morgan fingerprint density at radius 2 is 2.12 bits per heavy atom. The fourth-order valence-corrected chi connectivity index (χ4v) is 4.07. The van der Waals surface area contributed by atoms with Crippen molar-refractivity contribution in [2.75, 3.05) is 33.3 Å². The third-order valence-electron chi connectivity index (χ3n) is 5.76. The van der Waals surface area contributed by atoms with Crippen molar-refractivity contribution in [2.45, 2.75) is 38.5 Å². The standard InChI is InChI=1S/C20H30N2O2/c1-15(17-4-3-10-21-13-17)12-20(23)22-11-9-18(14-22)16-5-7-19(24-2)8-6-16/h5-8,15,17-18,21H,3-4,9-14H2,1-2H3. The van der Waals surface area contributed by atoms with E-state index in [1.54, 1.807) is 7.11 Å². The summed E-state index contributed by atoms with van der Waals surface area (Å²) in [6.07, 6.45) is 4.27. The van der Waals surface area contributed by atoms with E-state index in [1.807, 2.05) is 12.1 Å². The molecule has 0 aliphatic carbocycles. The summed E-state index contributed by atoms with van der Waals surface area (Å²) < 4.78 is 5.22. The van der Waals surface area contributed by atoms with Gasteiger partial charge >= 0.3 is 0 Å². The molecule has 4 heteroatoms. The molecule has 1 aromatic rings. The molecule has 0 spiro atoms. The smallest absolute Gasteiger partial charge is 0.222 e. The van der Waals surface area contributed by atoms with E-state index in [0.29, 0.717) is 30.1 Å². The predicted molar refractivity (Wildman–Crippen MR) is 96.3 cm³/mol. The van der Waals surface area contributed by atoms with Crippen LogP contribution in [0.5, 0.6) is 5.75 Å². The number of piperidine rings is 1. The molecule has 1 aromatic carbocycles. The van der Waals surface area contributed by atoms with E-state index in [2.05, 4.69) is 29.3 Å². The largest absolute Gasteiger partial charge is 0.497 e. The van der Waals surface area contributed by atoms with E-state index < -0.39 is 0 Å². The van der Waals surface area contributed by atoms with Crippen LogP contribution in [-0.4, -0.2) is 44.1 Å². The Morgan fingerprint density at radius 1 is 1.33 bits per heavy atom. The minimum atomic E-state index is 0.337. The maximum atomic E-state index is 12.7. The van der Waals surface area contributed by atoms with Gasteiger partial charge in [0.1, 0.15) is 5.75 Å². The minimum Gasteiger partial charge on any atom is -0.497 e. The lowest BCUT2D eigenvalue weighted by molar-refractivity contribution is -0.131. The monoisotopic (exact) mass is 330 g/mol. The second-order valence-electron chi connectivity index (χ2n) is 7.39. The maximum Gasteiger partial charge on any atom is 0.222 e. The Kier molecular flexibility index (Phi) is 5.77. The molecule has 2 fully saturated rings. The van der Waals surface area contributed by atoms with Crippen molar-refractivity contribution in [3.8, 4) is 5.75 Å². The zero-order valence-electron chi connectivity index (χ0n) is 15.0. The summed E-state index contributed by atoms with van der Waals surface area (Å²) in [5, 5.41) is 3.46. The summed E-state index contributed by atoms with van der Waals surface area (Å²) in [5.41, 5.74) is 1.32. The van der Waals surface area contributed by atoms with E-state index in [4.69, 9.17) is 4.74 Å². The fraction of sp³-hybridized carbons (Fsp3) is 0.650. The first-order chi connectivity index (χ1) is 11.7. The summed E-state index contributed by atoms with van der Waals surface area (Å²) in [6, 6.07) is 8.29. The Morgan fingerprint density at radius 3 is 2.79 bits per heavy atom. The summed E-state index contributed by atoms with van der Waals surface area (Å²) in [6.45, 7) is 6.20. The molecule has 0 aromatic heterocycles. The summed E-state index contributed by atoms with van der Waals surface area (Å²) >= 11 is 0. The van der Waals surface area contributed by atoms with Crippen molar-refractivity contribution in [3.63, 3.8) is 0 Å². The molecule has 2 heterocycles. The molecular weight excluding hydrogens is 300 g/mol. The Bertz CT molecular complexity index is 537. The van der Waals surface area contributed by atoms with Gasteiger partial charge in [-0.2, -0.15) is 0 Å². The number of ether oxygens (including phenoxy) is 1. The number of rotatable bonds is 5. The van der Waals surface area contributed by atoms with Crippen LogP contribution in [0.4, 0.5) is 0 Å². The van der Waals surface area contributed by atoms with Crippen molar-refractivity contribution in [1.29, 1.82) is 0 Å². The number of hydrogen-bond donors (Lipinski definition) is 1. The van der Waals surface area contributed by atoms with Crippen molar-refractivity contribution in [3.05, 3.63) is 29.8 Å². The van der Waals surface area contributed by atoms with Crippen molar-refractivity contribution in [2.24, 2.45) is 11.8 Å². The molecule has 3 unspecified atom stereocenters. The van der Waals surface area contributed by atoms with E-state index in [1.165, 1.54) is 18.4 Å². The van der Waals surface area contributed by atoms with Crippen LogP contribution in [0.2, 0.25) is 0 Å². The zero-order valence-corrected chi connectivity index (χ0v) is 15.0. The first-order valence-corrected chi connectivity index (χ1v) is 9.30. The van der Waals surface area contributed by atoms with Gasteiger partial charge < -0.3 is 15.0 Å². The number of carbonyl (C=O) groups excluding carboxylic acids is 1. The molecule has 4 nitrogen and oxygen atoms in total. The Balaban J connectivity index is 1.51. The second-order valence-corrected chi connectivity index (χ2v) is 7.39. The molecule has 2 saturated heterocycles. The van der Waals surface area contributed by atoms with Crippen LogP contribution in [0.3, 0.4) is 0 Å². The van der Waals surface area contributed by atoms with E-state index in [9.17, 15) is 4.79 Å². The highest BCUT2D eigenvalue weighted by molar-refractivity contribution is 5.76. The lowest BCUT2D eigenvalue weighted by Crippen LogP contribution is -2.36. The molecule has 0 saturated carbocycles. The van der Waals surface area contributed by atoms with Gasteiger partial charge in [-0.1, -0.05) is 19.1 Å². The number of carbonyl (C=O) groups is 1. The van der Waals surface area contributed by atoms with Crippen LogP contribution in [-0.2, 0) is 4.79 Å². The molecule has 132 valence electrons. The normalized spacial score (nSPS) is 25.5. The number of hydrogen-bond acceptors (Lipinski definition) is 3. The topological polar surface area (TPSA) is 41.6 Å². The van der Waals surface area contributed by atoms with Crippen LogP contribution in [0.1, 0.15) is 44.1 Å². The Hall–Kier alpha value is -1.55. The third kappa shape index (κ3) is 4.10. The fourth-order valence-electron chi connectivity index (χ4n) is 4.07. The van der Waals surface area contributed by atoms with Gasteiger partial charge in [0.25, 0.3) is 0 Å². The summed E-state index contributed by atoms with van der Waals surface area (Å²) in [5.74, 6) is 2.82. The van der Waals surface area contributed by atoms with Gasteiger partial charge in [0, 0.05) is 25.4 Å². The molecular formula is C20H30N2O2. The van der Waals surface area contributed by atoms with Crippen LogP contribution >= 0.6 is 0 Å². The first kappa shape index (κ1) is 17.3. The second kappa shape index (κ2) is 8.02. The molecule has 0 bridgehead atoms. The number of nitrogens with one attached hydrogen (secondary N) is 1. The molecule has 2 aliphatic heterocycles. The Labute approximate surface area is 145 Å². The zero-order chi connectivity index (χ0) is 16.9. The number of benzene rings is 1. The maximum absolute atomic E-state index is 12.7. The SMILES string of the molecule is COc1ccc(C2CCN(C(=O)CC(C)C3CCCNC3)C2)cc1. The highest BCUT2D eigenvalue weighted by Gasteiger charge is 2.29. The highest BCUT2D eigenvalue weighted by Crippen LogP contribution is 2.30. The van der Waals surface area contributed by atoms with Crippen molar-refractivity contribution >= 4 is 5.91 Å². The quantitative estimate of drug-likeness (QED) is 0.902. The first-order valence-electron chi connectivity index (χ1n) is 9.30. The molecule has 2 aliphatic rings. The van der Waals surface area contributed by atoms with E-state index in [-0.39, 0.29) is 0 Å². The molecule has 0 radical (unpaired) electrons. The average Bonchev–Trinajstić information content (AvgIpc) is 3.13. The van der Waals surface area contributed by atoms with Crippen LogP contribution in [0, 0.1) is 11.8 Å². The van der Waals surface area contributed by atoms with Gasteiger partial charge in [0.2, 0.25) is 5.91 Å². The summed E-state index contributed by atoms with van der Waals surface area (Å²) in [4.78, 5) is 14.7. The van der Waals surface area contributed by atoms with Crippen LogP contribution < -0.4 is 10.1 Å². The molecule has 3 rings (SSSR count). The van der Waals surface area contributed by atoms with Gasteiger partial charge in [-0.15, -0.1) is 0 Å². The lowest BCUT2D eigenvalue weighted by Gasteiger charge is -2.29. The average molecular weight is 330 g/mol. The van der Waals surface area contributed by atoms with Gasteiger partial charge in [-0.05, 0) is 61.9 Å². The third-order valence-corrected chi connectivity index (χ3v) is 5.76. The molecule has 1 N–H and O–H groups in total. The molecule has 3 atom stereocenters. The number of methoxy groups -OCH3 is 1. The number of amides is 1. The van der Waals surface area contributed by atoms with Gasteiger partial charge in [-0.3, -0.25) is 4.79 Å². The number of likely N-dealkylation sites (tertiary alicyclic amines) is 1. The summed E-state index contributed by atoms with van der Waals surface area (Å²) in [7, 11) is 1.69. The van der Waals surface area contributed by atoms with Crippen LogP contribution in [0.25, 0.3) is 0 Å². The lowest BCUT2D eigenvalue weighted by atomic mass is 9.85. The molecule has 24 heavy (non-hydrogen) atoms. The predicted octanol–water partition coefficient (Wildman–Crippen LogP) is 3.04.